The van der Waals surface area contributed by atoms with Crippen LogP contribution in [-0.4, -0.2) is 49.5 Å². The van der Waals surface area contributed by atoms with E-state index in [1.165, 1.54) is 37.3 Å². The number of carbonyl (C=O) groups is 2. The first-order valence-electron chi connectivity index (χ1n) is 10.1. The molecule has 0 aliphatic carbocycles. The SMILES string of the molecule is COc1ccc2c(c1OC)OC1(CCN(C(=O)c3ccccc3C(F)(F)F)CC1)CC2=O. The largest absolute Gasteiger partial charge is 0.493 e. The number of piperidine rings is 1. The maximum atomic E-state index is 13.3. The molecule has 6 nitrogen and oxygen atoms in total. The highest BCUT2D eigenvalue weighted by atomic mass is 19.4. The fourth-order valence-electron chi connectivity index (χ4n) is 4.34. The Morgan fingerprint density at radius 2 is 1.75 bits per heavy atom. The number of ether oxygens (including phenoxy) is 3. The number of Topliss-reactive ketones (excluding diaryl/α,β-unsaturated/α-hetero) is 1. The van der Waals surface area contributed by atoms with Crippen LogP contribution in [0.2, 0.25) is 0 Å². The van der Waals surface area contributed by atoms with Crippen molar-refractivity contribution < 1.29 is 37.0 Å². The topological polar surface area (TPSA) is 65.1 Å². The summed E-state index contributed by atoms with van der Waals surface area (Å²) in [5, 5.41) is 0. The molecule has 9 heteroatoms. The second-order valence-electron chi connectivity index (χ2n) is 7.90. The van der Waals surface area contributed by atoms with Gasteiger partial charge in [-0.3, -0.25) is 9.59 Å². The van der Waals surface area contributed by atoms with Crippen molar-refractivity contribution in [2.45, 2.75) is 31.0 Å². The van der Waals surface area contributed by atoms with E-state index in [1.807, 2.05) is 0 Å². The molecule has 0 saturated carbocycles. The van der Waals surface area contributed by atoms with Gasteiger partial charge in [0.05, 0.1) is 37.3 Å². The maximum Gasteiger partial charge on any atom is 0.417 e. The van der Waals surface area contributed by atoms with E-state index in [0.29, 0.717) is 35.7 Å². The van der Waals surface area contributed by atoms with Gasteiger partial charge in [-0.05, 0) is 24.3 Å². The second-order valence-corrected chi connectivity index (χ2v) is 7.90. The number of hydrogen-bond donors (Lipinski definition) is 0. The van der Waals surface area contributed by atoms with E-state index < -0.39 is 23.2 Å². The fraction of sp³-hybridized carbons (Fsp3) is 0.391. The summed E-state index contributed by atoms with van der Waals surface area (Å²) in [6.45, 7) is 0.333. The van der Waals surface area contributed by atoms with Gasteiger partial charge in [-0.15, -0.1) is 0 Å². The molecule has 170 valence electrons. The van der Waals surface area contributed by atoms with Gasteiger partial charge in [-0.25, -0.2) is 0 Å². The summed E-state index contributed by atoms with van der Waals surface area (Å²) < 4.78 is 56.9. The predicted molar refractivity (Wildman–Crippen MR) is 108 cm³/mol. The first-order chi connectivity index (χ1) is 15.2. The number of methoxy groups -OCH3 is 2. The van der Waals surface area contributed by atoms with Crippen molar-refractivity contribution in [3.05, 3.63) is 53.1 Å². The highest BCUT2D eigenvalue weighted by Crippen LogP contribution is 2.48. The average molecular weight is 449 g/mol. The third kappa shape index (κ3) is 3.76. The van der Waals surface area contributed by atoms with Gasteiger partial charge in [0.25, 0.3) is 5.91 Å². The van der Waals surface area contributed by atoms with Crippen molar-refractivity contribution in [1.82, 2.24) is 4.90 Å². The minimum Gasteiger partial charge on any atom is -0.493 e. The lowest BCUT2D eigenvalue weighted by Gasteiger charge is -2.44. The Hall–Kier alpha value is -3.23. The molecule has 32 heavy (non-hydrogen) atoms. The van der Waals surface area contributed by atoms with E-state index in [9.17, 15) is 22.8 Å². The van der Waals surface area contributed by atoms with Crippen LogP contribution in [0.4, 0.5) is 13.2 Å². The molecule has 1 saturated heterocycles. The molecular weight excluding hydrogens is 427 g/mol. The first kappa shape index (κ1) is 22.0. The van der Waals surface area contributed by atoms with E-state index in [0.717, 1.165) is 6.07 Å². The van der Waals surface area contributed by atoms with Crippen LogP contribution in [-0.2, 0) is 6.18 Å². The molecule has 0 radical (unpaired) electrons. The van der Waals surface area contributed by atoms with Gasteiger partial charge < -0.3 is 19.1 Å². The number of ketones is 1. The highest BCUT2D eigenvalue weighted by Gasteiger charge is 2.46. The molecule has 0 atom stereocenters. The molecule has 1 amide bonds. The van der Waals surface area contributed by atoms with Crippen LogP contribution in [0.15, 0.2) is 36.4 Å². The van der Waals surface area contributed by atoms with Gasteiger partial charge in [0.1, 0.15) is 5.60 Å². The van der Waals surface area contributed by atoms with Gasteiger partial charge in [0.15, 0.2) is 17.3 Å². The molecule has 1 spiro atoms. The molecule has 0 unspecified atom stereocenters. The van der Waals surface area contributed by atoms with Crippen LogP contribution in [0, 0.1) is 0 Å². The van der Waals surface area contributed by atoms with Crippen LogP contribution in [0.3, 0.4) is 0 Å². The molecule has 2 heterocycles. The summed E-state index contributed by atoms with van der Waals surface area (Å²) in [7, 11) is 2.93. The van der Waals surface area contributed by atoms with Crippen LogP contribution in [0.25, 0.3) is 0 Å². The Morgan fingerprint density at radius 3 is 2.38 bits per heavy atom. The lowest BCUT2D eigenvalue weighted by atomic mass is 9.82. The summed E-state index contributed by atoms with van der Waals surface area (Å²) in [5.41, 5.74) is -1.80. The number of benzene rings is 2. The van der Waals surface area contributed by atoms with E-state index >= 15 is 0 Å². The molecule has 0 aromatic heterocycles. The smallest absolute Gasteiger partial charge is 0.417 e. The first-order valence-corrected chi connectivity index (χ1v) is 10.1. The minimum absolute atomic E-state index is 0.116. The quantitative estimate of drug-likeness (QED) is 0.697. The molecule has 0 N–H and O–H groups in total. The van der Waals surface area contributed by atoms with Crippen molar-refractivity contribution in [1.29, 1.82) is 0 Å². The van der Waals surface area contributed by atoms with Crippen LogP contribution < -0.4 is 14.2 Å². The van der Waals surface area contributed by atoms with E-state index in [1.54, 1.807) is 12.1 Å². The van der Waals surface area contributed by atoms with E-state index in [4.69, 9.17) is 14.2 Å². The lowest BCUT2D eigenvalue weighted by molar-refractivity contribution is -0.138. The number of rotatable bonds is 3. The van der Waals surface area contributed by atoms with Crippen LogP contribution >= 0.6 is 0 Å². The van der Waals surface area contributed by atoms with Crippen LogP contribution in [0.1, 0.15) is 45.5 Å². The summed E-state index contributed by atoms with van der Waals surface area (Å²) in [4.78, 5) is 27.1. The van der Waals surface area contributed by atoms with Gasteiger partial charge in [0.2, 0.25) is 5.75 Å². The zero-order valence-electron chi connectivity index (χ0n) is 17.6. The Labute approximate surface area is 182 Å². The number of hydrogen-bond acceptors (Lipinski definition) is 5. The minimum atomic E-state index is -4.62. The van der Waals surface area contributed by atoms with Crippen molar-refractivity contribution in [3.63, 3.8) is 0 Å². The molecule has 0 bridgehead atoms. The lowest BCUT2D eigenvalue weighted by Crippen LogP contribution is -2.52. The maximum absolute atomic E-state index is 13.3. The normalized spacial score (nSPS) is 17.5. The van der Waals surface area contributed by atoms with Crippen molar-refractivity contribution >= 4 is 11.7 Å². The standard InChI is InChI=1S/C23H22F3NO5/c1-30-18-8-7-15-17(28)13-22(32-19(15)20(18)31-2)9-11-27(12-10-22)21(29)14-5-3-4-6-16(14)23(24,25)26/h3-8H,9-13H2,1-2H3. The number of nitrogens with zero attached hydrogens (tertiary/aromatic N) is 1. The number of likely N-dealkylation sites (tertiary alicyclic amines) is 1. The molecule has 1 fully saturated rings. The molecule has 2 aromatic carbocycles. The van der Waals surface area contributed by atoms with Gasteiger partial charge >= 0.3 is 6.18 Å². The number of carbonyl (C=O) groups excluding carboxylic acids is 2. The summed E-state index contributed by atoms with van der Waals surface area (Å²) >= 11 is 0. The monoisotopic (exact) mass is 449 g/mol. The zero-order valence-corrected chi connectivity index (χ0v) is 17.6. The third-order valence-corrected chi connectivity index (χ3v) is 6.03. The molecule has 2 aliphatic heterocycles. The summed E-state index contributed by atoms with van der Waals surface area (Å²) in [6.07, 6.45) is -3.89. The number of halogens is 3. The second kappa shape index (κ2) is 8.03. The third-order valence-electron chi connectivity index (χ3n) is 6.03. The van der Waals surface area contributed by atoms with Gasteiger partial charge in [-0.2, -0.15) is 13.2 Å². The Bertz CT molecular complexity index is 1060. The summed E-state index contributed by atoms with van der Waals surface area (Å²) in [5.74, 6) is 0.233. The molecular formula is C23H22F3NO5. The van der Waals surface area contributed by atoms with E-state index in [-0.39, 0.29) is 30.9 Å². The highest BCUT2D eigenvalue weighted by molar-refractivity contribution is 6.01. The van der Waals surface area contributed by atoms with Crippen molar-refractivity contribution in [3.8, 4) is 17.2 Å². The van der Waals surface area contributed by atoms with E-state index in [2.05, 4.69) is 0 Å². The van der Waals surface area contributed by atoms with Crippen LogP contribution in [0.5, 0.6) is 17.2 Å². The number of fused-ring (bicyclic) bond motifs is 1. The molecule has 2 aliphatic rings. The number of amides is 1. The van der Waals surface area contributed by atoms with Crippen molar-refractivity contribution in [2.75, 3.05) is 27.3 Å². The average Bonchev–Trinajstić information content (AvgIpc) is 2.77. The molecule has 4 rings (SSSR count). The Balaban J connectivity index is 1.56. The number of alkyl halides is 3. The Morgan fingerprint density at radius 1 is 1.06 bits per heavy atom. The summed E-state index contributed by atoms with van der Waals surface area (Å²) in [6, 6.07) is 8.01. The van der Waals surface area contributed by atoms with Gasteiger partial charge in [-0.1, -0.05) is 12.1 Å². The van der Waals surface area contributed by atoms with Crippen molar-refractivity contribution in [2.24, 2.45) is 0 Å². The Kier molecular flexibility index (Phi) is 5.52. The van der Waals surface area contributed by atoms with Gasteiger partial charge in [0, 0.05) is 25.9 Å². The predicted octanol–water partition coefficient (Wildman–Crippen LogP) is 4.36. The zero-order chi connectivity index (χ0) is 23.1. The fourth-order valence-corrected chi connectivity index (χ4v) is 4.34. The molecule has 2 aromatic rings.